The van der Waals surface area contributed by atoms with Crippen molar-refractivity contribution < 1.29 is 9.63 Å². The van der Waals surface area contributed by atoms with Gasteiger partial charge >= 0.3 is 3.98 Å². The second-order valence-corrected chi connectivity index (χ2v) is 3.02. The van der Waals surface area contributed by atoms with Crippen LogP contribution >= 0.6 is 22.6 Å². The summed E-state index contributed by atoms with van der Waals surface area (Å²) in [6.45, 7) is 0. The van der Waals surface area contributed by atoms with Crippen molar-refractivity contribution in [3.63, 3.8) is 0 Å². The number of fused-ring (bicyclic) bond motifs is 1. The molecule has 0 aromatic carbocycles. The van der Waals surface area contributed by atoms with Crippen molar-refractivity contribution in [3.05, 3.63) is 18.3 Å². The van der Waals surface area contributed by atoms with Crippen LogP contribution in [0.1, 0.15) is 0 Å². The molecular weight excluding hydrogens is 287 g/mol. The molecule has 0 saturated heterocycles. The fourth-order valence-electron chi connectivity index (χ4n) is 0.875. The first-order valence-corrected chi connectivity index (χ1v) is 4.39. The number of aromatic nitrogens is 4. The van der Waals surface area contributed by atoms with E-state index in [1.165, 1.54) is 22.6 Å². The van der Waals surface area contributed by atoms with Crippen molar-refractivity contribution >= 4 is 37.7 Å². The molecule has 0 amide bonds. The van der Waals surface area contributed by atoms with Gasteiger partial charge in [0.15, 0.2) is 0 Å². The molecule has 7 heteroatoms. The van der Waals surface area contributed by atoms with E-state index in [2.05, 4.69) is 15.3 Å². The lowest BCUT2D eigenvalue weighted by Crippen LogP contribution is -2.15. The number of carbonyl (C=O) groups excluding carboxylic acids is 1. The van der Waals surface area contributed by atoms with Crippen molar-refractivity contribution in [2.45, 2.75) is 0 Å². The molecule has 2 heterocycles. The fourth-order valence-corrected chi connectivity index (χ4v) is 1.06. The Labute approximate surface area is 86.0 Å². The molecule has 13 heavy (non-hydrogen) atoms. The highest BCUT2D eigenvalue weighted by atomic mass is 127. The molecule has 0 radical (unpaired) electrons. The number of rotatable bonds is 1. The lowest BCUT2D eigenvalue weighted by atomic mass is 10.4. The average molecular weight is 290 g/mol. The van der Waals surface area contributed by atoms with Gasteiger partial charge in [-0.2, -0.15) is 0 Å². The lowest BCUT2D eigenvalue weighted by molar-refractivity contribution is 0.148. The van der Waals surface area contributed by atoms with E-state index in [1.807, 2.05) is 0 Å². The van der Waals surface area contributed by atoms with Gasteiger partial charge in [0.1, 0.15) is 5.52 Å². The summed E-state index contributed by atoms with van der Waals surface area (Å²) in [6, 6.07) is 3.46. The summed E-state index contributed by atoms with van der Waals surface area (Å²) in [5.41, 5.74) is 1.01. The Bertz CT molecular complexity index is 455. The molecule has 0 bridgehead atoms. The zero-order valence-corrected chi connectivity index (χ0v) is 8.37. The van der Waals surface area contributed by atoms with Crippen LogP contribution in [0.4, 0.5) is 4.79 Å². The SMILES string of the molecule is O=C(I)On1nnc2cccnc21. The van der Waals surface area contributed by atoms with Crippen LogP contribution in [0.2, 0.25) is 0 Å². The summed E-state index contributed by atoms with van der Waals surface area (Å²) < 4.78 is -0.491. The van der Waals surface area contributed by atoms with Crippen molar-refractivity contribution in [1.29, 1.82) is 0 Å². The van der Waals surface area contributed by atoms with E-state index in [-0.39, 0.29) is 0 Å². The number of hydrogen-bond donors (Lipinski definition) is 0. The quantitative estimate of drug-likeness (QED) is 0.441. The topological polar surface area (TPSA) is 69.9 Å². The molecule has 0 unspecified atom stereocenters. The van der Waals surface area contributed by atoms with Crippen LogP contribution in [0.5, 0.6) is 0 Å². The average Bonchev–Trinajstić information content (AvgIpc) is 2.48. The molecule has 0 N–H and O–H groups in total. The van der Waals surface area contributed by atoms with Gasteiger partial charge in [-0.25, -0.2) is 9.78 Å². The summed E-state index contributed by atoms with van der Waals surface area (Å²) in [5.74, 6) is 0. The van der Waals surface area contributed by atoms with Crippen LogP contribution < -0.4 is 4.84 Å². The minimum absolute atomic E-state index is 0.424. The highest BCUT2D eigenvalue weighted by Crippen LogP contribution is 2.04. The summed E-state index contributed by atoms with van der Waals surface area (Å²) in [4.78, 5) is 20.2. The van der Waals surface area contributed by atoms with E-state index >= 15 is 0 Å². The first kappa shape index (κ1) is 8.35. The van der Waals surface area contributed by atoms with Crippen LogP contribution in [-0.2, 0) is 0 Å². The van der Waals surface area contributed by atoms with Gasteiger partial charge in [-0.15, -0.1) is 5.10 Å². The van der Waals surface area contributed by atoms with Crippen molar-refractivity contribution in [2.24, 2.45) is 0 Å². The van der Waals surface area contributed by atoms with Gasteiger partial charge < -0.3 is 4.84 Å². The zero-order valence-electron chi connectivity index (χ0n) is 6.22. The molecule has 0 aliphatic rings. The maximum atomic E-state index is 10.6. The molecule has 2 aromatic heterocycles. The summed E-state index contributed by atoms with van der Waals surface area (Å²) >= 11 is 1.50. The molecule has 6 nitrogen and oxygen atoms in total. The molecule has 0 spiro atoms. The minimum atomic E-state index is -0.491. The van der Waals surface area contributed by atoms with E-state index in [0.717, 1.165) is 4.85 Å². The predicted octanol–water partition coefficient (Wildman–Crippen LogP) is 0.810. The van der Waals surface area contributed by atoms with E-state index in [0.29, 0.717) is 11.2 Å². The standard InChI is InChI=1S/C6H3IN4O2/c7-6(12)13-11-5-4(9-10-11)2-1-3-8-5/h1-3H. The number of halogens is 1. The molecule has 2 aromatic rings. The highest BCUT2D eigenvalue weighted by Gasteiger charge is 2.07. The van der Waals surface area contributed by atoms with E-state index in [4.69, 9.17) is 4.84 Å². The van der Waals surface area contributed by atoms with E-state index < -0.39 is 3.98 Å². The molecule has 0 aliphatic carbocycles. The predicted molar refractivity (Wildman–Crippen MR) is 51.3 cm³/mol. The molecule has 0 atom stereocenters. The Kier molecular flexibility index (Phi) is 2.08. The zero-order chi connectivity index (χ0) is 9.26. The number of carbonyl (C=O) groups is 1. The molecule has 66 valence electrons. The van der Waals surface area contributed by atoms with Crippen LogP contribution in [0, 0.1) is 0 Å². The van der Waals surface area contributed by atoms with Gasteiger partial charge in [-0.05, 0) is 22.2 Å². The van der Waals surface area contributed by atoms with Gasteiger partial charge in [0.05, 0.1) is 22.6 Å². The second-order valence-electron chi connectivity index (χ2n) is 2.14. The third kappa shape index (κ3) is 1.59. The third-order valence-corrected chi connectivity index (χ3v) is 1.54. The summed E-state index contributed by atoms with van der Waals surface area (Å²) in [6.07, 6.45) is 1.57. The molecular formula is C6H3IN4O2. The van der Waals surface area contributed by atoms with Gasteiger partial charge in [-0.3, -0.25) is 0 Å². The Hall–Kier alpha value is -1.25. The smallest absolute Gasteiger partial charge is 0.305 e. The number of hydrogen-bond acceptors (Lipinski definition) is 5. The van der Waals surface area contributed by atoms with Gasteiger partial charge in [0.2, 0.25) is 5.65 Å². The molecule has 0 saturated carbocycles. The largest absolute Gasteiger partial charge is 0.393 e. The normalized spacial score (nSPS) is 10.2. The van der Waals surface area contributed by atoms with Crippen LogP contribution in [0.25, 0.3) is 11.2 Å². The lowest BCUT2D eigenvalue weighted by Gasteiger charge is -1.95. The Morgan fingerprint density at radius 3 is 3.23 bits per heavy atom. The third-order valence-electron chi connectivity index (χ3n) is 1.34. The minimum Gasteiger partial charge on any atom is -0.305 e. The first-order chi connectivity index (χ1) is 6.27. The maximum absolute atomic E-state index is 10.6. The van der Waals surface area contributed by atoms with E-state index in [1.54, 1.807) is 18.3 Å². The second kappa shape index (κ2) is 3.24. The summed E-state index contributed by atoms with van der Waals surface area (Å²) in [7, 11) is 0. The monoisotopic (exact) mass is 290 g/mol. The number of nitrogens with zero attached hydrogens (tertiary/aromatic N) is 4. The molecule has 0 aliphatic heterocycles. The fraction of sp³-hybridized carbons (Fsp3) is 0. The van der Waals surface area contributed by atoms with E-state index in [9.17, 15) is 4.79 Å². The molecule has 0 fully saturated rings. The Morgan fingerprint density at radius 1 is 1.62 bits per heavy atom. The van der Waals surface area contributed by atoms with Crippen molar-refractivity contribution in [2.75, 3.05) is 0 Å². The van der Waals surface area contributed by atoms with Gasteiger partial charge in [-0.1, -0.05) is 0 Å². The van der Waals surface area contributed by atoms with Crippen LogP contribution in [0.15, 0.2) is 18.3 Å². The van der Waals surface area contributed by atoms with Gasteiger partial charge in [0, 0.05) is 6.20 Å². The summed E-state index contributed by atoms with van der Waals surface area (Å²) in [5, 5.41) is 7.33. The van der Waals surface area contributed by atoms with Crippen LogP contribution in [-0.4, -0.2) is 24.1 Å². The van der Waals surface area contributed by atoms with Crippen molar-refractivity contribution in [3.8, 4) is 0 Å². The highest BCUT2D eigenvalue weighted by molar-refractivity contribution is 14.1. The first-order valence-electron chi connectivity index (χ1n) is 3.31. The van der Waals surface area contributed by atoms with Crippen LogP contribution in [0.3, 0.4) is 0 Å². The maximum Gasteiger partial charge on any atom is 0.393 e. The molecule has 2 rings (SSSR count). The number of pyridine rings is 1. The Balaban J connectivity index is 2.51. The van der Waals surface area contributed by atoms with Gasteiger partial charge in [0.25, 0.3) is 0 Å². The van der Waals surface area contributed by atoms with Crippen molar-refractivity contribution in [1.82, 2.24) is 20.1 Å². The Morgan fingerprint density at radius 2 is 2.46 bits per heavy atom.